The van der Waals surface area contributed by atoms with E-state index in [-0.39, 0.29) is 18.6 Å². The number of thiol groups is 1. The third kappa shape index (κ3) is 10.4. The lowest BCUT2D eigenvalue weighted by molar-refractivity contribution is -0.144. The average Bonchev–Trinajstić information content (AvgIpc) is 2.71. The minimum atomic E-state index is -1.60. The molecule has 0 aromatic rings. The number of hydrogen-bond donors (Lipinski definition) is 8. The maximum Gasteiger partial charge on any atom is 0.326 e. The van der Waals surface area contributed by atoms with E-state index in [9.17, 15) is 33.9 Å². The van der Waals surface area contributed by atoms with Crippen LogP contribution in [0.25, 0.3) is 0 Å². The minimum absolute atomic E-state index is 0.0572. The number of carbonyl (C=O) groups is 6. The van der Waals surface area contributed by atoms with Gasteiger partial charge in [-0.2, -0.15) is 12.6 Å². The zero-order chi connectivity index (χ0) is 25.0. The molecular weight excluding hydrogens is 446 g/mol. The van der Waals surface area contributed by atoms with E-state index in [4.69, 9.17) is 16.6 Å². The highest BCUT2D eigenvalue weighted by Crippen LogP contribution is 2.09. The summed E-state index contributed by atoms with van der Waals surface area (Å²) in [5, 5.41) is 25.1. The number of amides is 4. The lowest BCUT2D eigenvalue weighted by Gasteiger charge is -2.25. The molecule has 0 rings (SSSR count). The van der Waals surface area contributed by atoms with Gasteiger partial charge in [-0.05, 0) is 12.3 Å². The summed E-state index contributed by atoms with van der Waals surface area (Å²) >= 11 is 3.96. The van der Waals surface area contributed by atoms with Gasteiger partial charge in [0.2, 0.25) is 23.6 Å². The fraction of sp³-hybridized carbons (Fsp3) is 0.667. The molecule has 0 spiro atoms. The third-order valence-electron chi connectivity index (χ3n) is 4.64. The Morgan fingerprint density at radius 3 is 1.91 bits per heavy atom. The lowest BCUT2D eigenvalue weighted by Crippen LogP contribution is -2.58. The van der Waals surface area contributed by atoms with E-state index in [0.29, 0.717) is 6.42 Å². The second-order valence-corrected chi connectivity index (χ2v) is 7.59. The molecule has 0 aliphatic heterocycles. The Labute approximate surface area is 190 Å². The van der Waals surface area contributed by atoms with Gasteiger partial charge in [0.15, 0.2) is 0 Å². The maximum absolute atomic E-state index is 12.5. The molecule has 0 radical (unpaired) electrons. The van der Waals surface area contributed by atoms with Crippen molar-refractivity contribution in [2.24, 2.45) is 17.4 Å². The van der Waals surface area contributed by atoms with E-state index >= 15 is 0 Å². The minimum Gasteiger partial charge on any atom is -0.481 e. The summed E-state index contributed by atoms with van der Waals surface area (Å²) < 4.78 is 0. The van der Waals surface area contributed by atoms with Crippen LogP contribution < -0.4 is 27.4 Å². The zero-order valence-electron chi connectivity index (χ0n) is 17.9. The van der Waals surface area contributed by atoms with E-state index < -0.39 is 72.1 Å². The number of nitrogens with two attached hydrogens (primary N) is 2. The number of nitrogens with one attached hydrogen (secondary N) is 3. The maximum atomic E-state index is 12.5. The SMILES string of the molecule is CCC(C)C(NC(=O)C(CC(=O)O)NC(=O)C(CS)NC(=O)C(N)CCC(N)=O)C(=O)O. The van der Waals surface area contributed by atoms with E-state index in [2.05, 4.69) is 28.6 Å². The van der Waals surface area contributed by atoms with Gasteiger partial charge in [-0.3, -0.25) is 24.0 Å². The molecule has 0 aromatic heterocycles. The molecule has 0 aliphatic carbocycles. The molecule has 4 amide bonds. The summed E-state index contributed by atoms with van der Waals surface area (Å²) in [6.07, 6.45) is -0.598. The predicted octanol–water partition coefficient (Wildman–Crippen LogP) is -2.43. The van der Waals surface area contributed by atoms with E-state index in [1.54, 1.807) is 13.8 Å². The second kappa shape index (κ2) is 14.2. The van der Waals surface area contributed by atoms with E-state index in [1.165, 1.54) is 0 Å². The lowest BCUT2D eigenvalue weighted by atomic mass is 9.98. The fourth-order valence-electron chi connectivity index (χ4n) is 2.49. The molecule has 9 N–H and O–H groups in total. The first kappa shape index (κ1) is 29.1. The molecule has 0 heterocycles. The largest absolute Gasteiger partial charge is 0.481 e. The summed E-state index contributed by atoms with van der Waals surface area (Å²) in [5.41, 5.74) is 10.6. The van der Waals surface area contributed by atoms with Crippen LogP contribution in [-0.4, -0.2) is 75.7 Å². The Bertz CT molecular complexity index is 719. The van der Waals surface area contributed by atoms with Gasteiger partial charge in [0.1, 0.15) is 18.1 Å². The molecule has 0 saturated heterocycles. The number of carboxylic acid groups (broad SMARTS) is 2. The van der Waals surface area contributed by atoms with E-state index in [0.717, 1.165) is 0 Å². The predicted molar refractivity (Wildman–Crippen MR) is 115 cm³/mol. The number of carbonyl (C=O) groups excluding carboxylic acids is 4. The molecule has 13 nitrogen and oxygen atoms in total. The summed E-state index contributed by atoms with van der Waals surface area (Å²) in [4.78, 5) is 70.5. The van der Waals surface area contributed by atoms with Gasteiger partial charge in [0, 0.05) is 12.2 Å². The van der Waals surface area contributed by atoms with Gasteiger partial charge in [0.05, 0.1) is 12.5 Å². The Hall–Kier alpha value is -2.87. The van der Waals surface area contributed by atoms with Crippen LogP contribution >= 0.6 is 12.6 Å². The van der Waals surface area contributed by atoms with Crippen LogP contribution in [0.15, 0.2) is 0 Å². The van der Waals surface area contributed by atoms with Crippen molar-refractivity contribution >= 4 is 48.2 Å². The van der Waals surface area contributed by atoms with Crippen LogP contribution in [0.1, 0.15) is 39.5 Å². The van der Waals surface area contributed by atoms with Crippen LogP contribution in [0.3, 0.4) is 0 Å². The number of rotatable bonds is 15. The van der Waals surface area contributed by atoms with Gasteiger partial charge in [0.25, 0.3) is 0 Å². The van der Waals surface area contributed by atoms with Crippen molar-refractivity contribution in [2.45, 2.75) is 63.7 Å². The Kier molecular flexibility index (Phi) is 13.0. The second-order valence-electron chi connectivity index (χ2n) is 7.22. The van der Waals surface area contributed by atoms with Gasteiger partial charge in [-0.1, -0.05) is 20.3 Å². The number of primary amides is 1. The first-order valence-corrected chi connectivity index (χ1v) is 10.5. The quantitative estimate of drug-likeness (QED) is 0.117. The van der Waals surface area contributed by atoms with Crippen molar-refractivity contribution in [1.82, 2.24) is 16.0 Å². The first-order chi connectivity index (χ1) is 14.8. The number of aliphatic carboxylic acids is 2. The molecule has 0 aromatic carbocycles. The number of carboxylic acids is 2. The van der Waals surface area contributed by atoms with Gasteiger partial charge < -0.3 is 37.6 Å². The van der Waals surface area contributed by atoms with Crippen molar-refractivity contribution in [3.8, 4) is 0 Å². The van der Waals surface area contributed by atoms with Crippen molar-refractivity contribution in [3.63, 3.8) is 0 Å². The molecule has 5 atom stereocenters. The third-order valence-corrected chi connectivity index (χ3v) is 5.01. The monoisotopic (exact) mass is 477 g/mol. The summed E-state index contributed by atoms with van der Waals surface area (Å²) in [5.74, 6) is -6.75. The van der Waals surface area contributed by atoms with E-state index in [1.807, 2.05) is 0 Å². The highest BCUT2D eigenvalue weighted by atomic mass is 32.1. The molecule has 0 bridgehead atoms. The van der Waals surface area contributed by atoms with Crippen LogP contribution in [-0.2, 0) is 28.8 Å². The normalized spacial score (nSPS) is 15.4. The zero-order valence-corrected chi connectivity index (χ0v) is 18.8. The Morgan fingerprint density at radius 2 is 1.47 bits per heavy atom. The molecule has 14 heteroatoms. The molecular formula is C18H31N5O8S. The summed E-state index contributed by atoms with van der Waals surface area (Å²) in [7, 11) is 0. The molecule has 0 aliphatic rings. The summed E-state index contributed by atoms with van der Waals surface area (Å²) in [6, 6.07) is -5.31. The molecule has 0 saturated carbocycles. The van der Waals surface area contributed by atoms with Crippen molar-refractivity contribution in [1.29, 1.82) is 0 Å². The van der Waals surface area contributed by atoms with Crippen LogP contribution in [0, 0.1) is 5.92 Å². The fourth-order valence-corrected chi connectivity index (χ4v) is 2.75. The Balaban J connectivity index is 5.29. The van der Waals surface area contributed by atoms with Crippen molar-refractivity contribution in [3.05, 3.63) is 0 Å². The standard InChI is InChI=1S/C18H31N5O8S/c1-3-8(2)14(18(30)31)23-16(28)10(6-13(25)26)21-17(29)11(7-32)22-15(27)9(19)4-5-12(20)24/h8-11,14,32H,3-7,19H2,1-2H3,(H2,20,24)(H,21,29)(H,22,27)(H,23,28)(H,25,26)(H,30,31). The van der Waals surface area contributed by atoms with Crippen LogP contribution in [0.4, 0.5) is 0 Å². The van der Waals surface area contributed by atoms with Gasteiger partial charge in [-0.25, -0.2) is 4.79 Å². The van der Waals surface area contributed by atoms with Crippen molar-refractivity contribution < 1.29 is 39.0 Å². The molecule has 5 unspecified atom stereocenters. The van der Waals surface area contributed by atoms with Crippen LogP contribution in [0.5, 0.6) is 0 Å². The van der Waals surface area contributed by atoms with Gasteiger partial charge in [-0.15, -0.1) is 0 Å². The first-order valence-electron chi connectivity index (χ1n) is 9.84. The highest BCUT2D eigenvalue weighted by molar-refractivity contribution is 7.80. The molecule has 182 valence electrons. The average molecular weight is 478 g/mol. The summed E-state index contributed by atoms with van der Waals surface area (Å²) in [6.45, 7) is 3.31. The smallest absolute Gasteiger partial charge is 0.326 e. The number of hydrogen-bond acceptors (Lipinski definition) is 8. The topological polar surface area (TPSA) is 231 Å². The van der Waals surface area contributed by atoms with Gasteiger partial charge >= 0.3 is 11.9 Å². The molecule has 32 heavy (non-hydrogen) atoms. The van der Waals surface area contributed by atoms with Crippen molar-refractivity contribution in [2.75, 3.05) is 5.75 Å². The highest BCUT2D eigenvalue weighted by Gasteiger charge is 2.32. The Morgan fingerprint density at radius 1 is 0.938 bits per heavy atom. The molecule has 0 fully saturated rings. The van der Waals surface area contributed by atoms with Crippen LogP contribution in [0.2, 0.25) is 0 Å².